The lowest BCUT2D eigenvalue weighted by atomic mass is 10.1. The van der Waals surface area contributed by atoms with Gasteiger partial charge in [0.2, 0.25) is 0 Å². The van der Waals surface area contributed by atoms with E-state index in [0.717, 1.165) is 11.0 Å². The van der Waals surface area contributed by atoms with Crippen molar-refractivity contribution in [2.75, 3.05) is 30.5 Å². The molecular formula is C17H17N3O5S. The Bertz CT molecular complexity index is 824. The topological polar surface area (TPSA) is 111 Å². The highest BCUT2D eigenvalue weighted by Gasteiger charge is 2.18. The fourth-order valence-corrected chi connectivity index (χ4v) is 2.52. The molecule has 0 aliphatic rings. The summed E-state index contributed by atoms with van der Waals surface area (Å²) in [4.78, 5) is 35.3. The van der Waals surface area contributed by atoms with Crippen LogP contribution in [-0.4, -0.2) is 36.7 Å². The minimum atomic E-state index is -0.816. The fourth-order valence-electron chi connectivity index (χ4n) is 2.11. The van der Waals surface area contributed by atoms with E-state index in [4.69, 9.17) is 4.74 Å². The lowest BCUT2D eigenvalue weighted by Crippen LogP contribution is -2.21. The maximum atomic E-state index is 12.0. The molecule has 2 aromatic carbocycles. The Morgan fingerprint density at radius 2 is 1.88 bits per heavy atom. The van der Waals surface area contributed by atoms with Crippen LogP contribution >= 0.6 is 11.8 Å². The van der Waals surface area contributed by atoms with Crippen LogP contribution in [-0.2, 0) is 9.53 Å². The Hall–Kier alpha value is -3.07. The van der Waals surface area contributed by atoms with Gasteiger partial charge in [-0.1, -0.05) is 0 Å². The van der Waals surface area contributed by atoms with E-state index in [-0.39, 0.29) is 16.9 Å². The third kappa shape index (κ3) is 4.96. The highest BCUT2D eigenvalue weighted by Crippen LogP contribution is 2.25. The average Bonchev–Trinajstić information content (AvgIpc) is 2.66. The molecule has 0 spiro atoms. The Labute approximate surface area is 154 Å². The summed E-state index contributed by atoms with van der Waals surface area (Å²) in [5, 5.41) is 16.3. The van der Waals surface area contributed by atoms with Crippen molar-refractivity contribution in [3.8, 4) is 0 Å². The molecule has 0 unspecified atom stereocenters. The molecule has 2 aromatic rings. The van der Waals surface area contributed by atoms with Gasteiger partial charge >= 0.3 is 5.97 Å². The number of anilines is 2. The summed E-state index contributed by atoms with van der Waals surface area (Å²) in [6.45, 7) is -0.495. The lowest BCUT2D eigenvalue weighted by molar-refractivity contribution is -0.384. The van der Waals surface area contributed by atoms with E-state index in [9.17, 15) is 19.7 Å². The molecule has 8 nitrogen and oxygen atoms in total. The normalized spacial score (nSPS) is 10.1. The van der Waals surface area contributed by atoms with Gasteiger partial charge in [-0.15, -0.1) is 11.8 Å². The number of nitrogens with zero attached hydrogens (tertiary/aromatic N) is 1. The maximum absolute atomic E-state index is 12.0. The van der Waals surface area contributed by atoms with Crippen molar-refractivity contribution in [2.24, 2.45) is 0 Å². The van der Waals surface area contributed by atoms with Gasteiger partial charge in [0.15, 0.2) is 6.61 Å². The highest BCUT2D eigenvalue weighted by atomic mass is 32.2. The highest BCUT2D eigenvalue weighted by molar-refractivity contribution is 7.98. The second kappa shape index (κ2) is 8.86. The molecule has 26 heavy (non-hydrogen) atoms. The molecule has 0 bridgehead atoms. The fraction of sp³-hybridized carbons (Fsp3) is 0.176. The van der Waals surface area contributed by atoms with Gasteiger partial charge in [-0.05, 0) is 42.7 Å². The van der Waals surface area contributed by atoms with E-state index >= 15 is 0 Å². The standard InChI is InChI=1S/C17H17N3O5S/c1-18-14-8-3-11(9-15(14)20(23)24)17(22)25-10-16(21)19-12-4-6-13(26-2)7-5-12/h3-9,18H,10H2,1-2H3,(H,19,21). The van der Waals surface area contributed by atoms with Crippen LogP contribution in [0.3, 0.4) is 0 Å². The number of thioether (sulfide) groups is 1. The van der Waals surface area contributed by atoms with E-state index in [2.05, 4.69) is 10.6 Å². The Morgan fingerprint density at radius 1 is 1.19 bits per heavy atom. The van der Waals surface area contributed by atoms with Crippen LogP contribution in [0.2, 0.25) is 0 Å². The number of amides is 1. The number of nitrogens with one attached hydrogen (secondary N) is 2. The van der Waals surface area contributed by atoms with Gasteiger partial charge in [0, 0.05) is 23.7 Å². The smallest absolute Gasteiger partial charge is 0.338 e. The molecule has 0 fully saturated rings. The van der Waals surface area contributed by atoms with Crippen LogP contribution in [0.4, 0.5) is 17.1 Å². The van der Waals surface area contributed by atoms with Crippen molar-refractivity contribution < 1.29 is 19.2 Å². The molecule has 136 valence electrons. The molecule has 0 aliphatic carbocycles. The molecule has 0 saturated carbocycles. The minimum Gasteiger partial charge on any atom is -0.452 e. The first-order valence-electron chi connectivity index (χ1n) is 7.52. The lowest BCUT2D eigenvalue weighted by Gasteiger charge is -2.08. The van der Waals surface area contributed by atoms with Gasteiger partial charge in [0.25, 0.3) is 11.6 Å². The van der Waals surface area contributed by atoms with Crippen molar-refractivity contribution in [1.82, 2.24) is 0 Å². The van der Waals surface area contributed by atoms with Gasteiger partial charge in [0.05, 0.1) is 10.5 Å². The Morgan fingerprint density at radius 3 is 2.46 bits per heavy atom. The first kappa shape index (κ1) is 19.3. The molecule has 1 amide bonds. The van der Waals surface area contributed by atoms with E-state index in [1.165, 1.54) is 19.2 Å². The zero-order valence-corrected chi connectivity index (χ0v) is 15.0. The van der Waals surface area contributed by atoms with Crippen molar-refractivity contribution in [1.29, 1.82) is 0 Å². The molecule has 2 N–H and O–H groups in total. The SMILES string of the molecule is CNc1ccc(C(=O)OCC(=O)Nc2ccc(SC)cc2)cc1[N+](=O)[O-]. The van der Waals surface area contributed by atoms with Gasteiger partial charge in [-0.25, -0.2) is 4.79 Å². The third-order valence-electron chi connectivity index (χ3n) is 3.41. The van der Waals surface area contributed by atoms with Gasteiger partial charge < -0.3 is 15.4 Å². The summed E-state index contributed by atoms with van der Waals surface area (Å²) in [6, 6.07) is 11.1. The Balaban J connectivity index is 1.96. The molecule has 0 aliphatic heterocycles. The summed E-state index contributed by atoms with van der Waals surface area (Å²) in [5.41, 5.74) is 0.601. The van der Waals surface area contributed by atoms with Gasteiger partial charge in [-0.2, -0.15) is 0 Å². The number of nitro groups is 1. The second-order valence-corrected chi connectivity index (χ2v) is 5.97. The molecule has 2 rings (SSSR count). The summed E-state index contributed by atoms with van der Waals surface area (Å²) >= 11 is 1.58. The van der Waals surface area contributed by atoms with Gasteiger partial charge in [0.1, 0.15) is 5.69 Å². The quantitative estimate of drug-likeness (QED) is 0.331. The zero-order valence-electron chi connectivity index (χ0n) is 14.1. The number of rotatable bonds is 7. The molecule has 0 heterocycles. The van der Waals surface area contributed by atoms with E-state index in [1.54, 1.807) is 23.9 Å². The number of carbonyl (C=O) groups excluding carboxylic acids is 2. The number of esters is 1. The first-order chi connectivity index (χ1) is 12.4. The molecular weight excluding hydrogens is 358 g/mol. The van der Waals surface area contributed by atoms with Crippen LogP contribution < -0.4 is 10.6 Å². The number of hydrogen-bond donors (Lipinski definition) is 2. The summed E-state index contributed by atoms with van der Waals surface area (Å²) in [6.07, 6.45) is 1.94. The van der Waals surface area contributed by atoms with Crippen LogP contribution in [0.15, 0.2) is 47.4 Å². The maximum Gasteiger partial charge on any atom is 0.338 e. The third-order valence-corrected chi connectivity index (χ3v) is 4.15. The average molecular weight is 375 g/mol. The van der Waals surface area contributed by atoms with Crippen molar-refractivity contribution in [2.45, 2.75) is 4.90 Å². The zero-order chi connectivity index (χ0) is 19.1. The molecule has 0 radical (unpaired) electrons. The number of benzene rings is 2. The van der Waals surface area contributed by atoms with Crippen LogP contribution in [0.5, 0.6) is 0 Å². The summed E-state index contributed by atoms with van der Waals surface area (Å²) in [5.74, 6) is -1.32. The summed E-state index contributed by atoms with van der Waals surface area (Å²) < 4.78 is 4.92. The minimum absolute atomic E-state index is 0.00664. The van der Waals surface area contributed by atoms with Crippen molar-refractivity contribution in [3.05, 3.63) is 58.1 Å². The van der Waals surface area contributed by atoms with Crippen LogP contribution in [0.1, 0.15) is 10.4 Å². The van der Waals surface area contributed by atoms with E-state index in [0.29, 0.717) is 5.69 Å². The van der Waals surface area contributed by atoms with E-state index in [1.807, 2.05) is 18.4 Å². The monoisotopic (exact) mass is 375 g/mol. The second-order valence-electron chi connectivity index (χ2n) is 5.09. The van der Waals surface area contributed by atoms with Crippen molar-refractivity contribution >= 4 is 40.7 Å². The van der Waals surface area contributed by atoms with E-state index < -0.39 is 23.4 Å². The largest absolute Gasteiger partial charge is 0.452 e. The van der Waals surface area contributed by atoms with Crippen LogP contribution in [0.25, 0.3) is 0 Å². The number of nitro benzene ring substituents is 1. The van der Waals surface area contributed by atoms with Crippen LogP contribution in [0, 0.1) is 10.1 Å². The number of hydrogen-bond acceptors (Lipinski definition) is 7. The number of ether oxygens (including phenoxy) is 1. The first-order valence-corrected chi connectivity index (χ1v) is 8.74. The molecule has 9 heteroatoms. The molecule has 0 saturated heterocycles. The number of carbonyl (C=O) groups is 2. The predicted molar refractivity (Wildman–Crippen MR) is 99.8 cm³/mol. The molecule has 0 aromatic heterocycles. The Kier molecular flexibility index (Phi) is 6.56. The summed E-state index contributed by atoms with van der Waals surface area (Å²) in [7, 11) is 1.54. The van der Waals surface area contributed by atoms with Crippen molar-refractivity contribution in [3.63, 3.8) is 0 Å². The van der Waals surface area contributed by atoms with Gasteiger partial charge in [-0.3, -0.25) is 14.9 Å². The molecule has 0 atom stereocenters. The predicted octanol–water partition coefficient (Wildman–Crippen LogP) is 3.15.